The molecule has 0 saturated carbocycles. The summed E-state index contributed by atoms with van der Waals surface area (Å²) in [5.74, 6) is 2.83. The van der Waals surface area contributed by atoms with Gasteiger partial charge in [0.2, 0.25) is 0 Å². The smallest absolute Gasteiger partial charge is 0.169 e. The summed E-state index contributed by atoms with van der Waals surface area (Å²) in [5, 5.41) is 12.6. The first-order valence-corrected chi connectivity index (χ1v) is 9.71. The topological polar surface area (TPSA) is 86.2 Å². The fourth-order valence-corrected chi connectivity index (χ4v) is 3.95. The minimum atomic E-state index is 0.647. The maximum atomic E-state index is 5.64. The summed E-state index contributed by atoms with van der Waals surface area (Å²) in [6.45, 7) is 0.647. The summed E-state index contributed by atoms with van der Waals surface area (Å²) in [5.41, 5.74) is 1.94. The minimum Gasteiger partial charge on any atom is -0.496 e. The van der Waals surface area contributed by atoms with Crippen LogP contribution in [0.1, 0.15) is 5.56 Å². The summed E-state index contributed by atoms with van der Waals surface area (Å²) >= 11 is 1.37. The zero-order valence-electron chi connectivity index (χ0n) is 16.3. The Labute approximate surface area is 172 Å². The van der Waals surface area contributed by atoms with E-state index in [0.29, 0.717) is 12.4 Å². The van der Waals surface area contributed by atoms with Gasteiger partial charge in [-0.1, -0.05) is 6.07 Å². The van der Waals surface area contributed by atoms with Crippen LogP contribution in [0.25, 0.3) is 10.9 Å². The molecule has 4 aromatic rings. The monoisotopic (exact) mass is 411 g/mol. The van der Waals surface area contributed by atoms with Gasteiger partial charge in [0.05, 0.1) is 38.8 Å². The number of rotatable bonds is 8. The lowest BCUT2D eigenvalue weighted by Gasteiger charge is -2.13. The summed E-state index contributed by atoms with van der Waals surface area (Å²) in [4.78, 5) is 0.836. The molecule has 0 amide bonds. The van der Waals surface area contributed by atoms with Crippen molar-refractivity contribution in [3.63, 3.8) is 0 Å². The summed E-state index contributed by atoms with van der Waals surface area (Å²) < 4.78 is 21.7. The van der Waals surface area contributed by atoms with E-state index in [1.807, 2.05) is 47.3 Å². The highest BCUT2D eigenvalue weighted by Crippen LogP contribution is 2.40. The van der Waals surface area contributed by atoms with E-state index < -0.39 is 0 Å². The molecule has 2 N–H and O–H groups in total. The zero-order valence-corrected chi connectivity index (χ0v) is 17.1. The second kappa shape index (κ2) is 8.36. The molecule has 0 aliphatic carbocycles. The molecule has 0 saturated heterocycles. The van der Waals surface area contributed by atoms with Crippen LogP contribution in [0.2, 0.25) is 0 Å². The third-order valence-corrected chi connectivity index (χ3v) is 5.34. The molecule has 0 spiro atoms. The van der Waals surface area contributed by atoms with Gasteiger partial charge in [0.15, 0.2) is 5.82 Å². The highest BCUT2D eigenvalue weighted by atomic mass is 32.2. The van der Waals surface area contributed by atoms with Crippen LogP contribution in [0.15, 0.2) is 53.7 Å². The molecule has 0 aliphatic rings. The van der Waals surface area contributed by atoms with E-state index in [1.165, 1.54) is 11.9 Å². The molecule has 0 bridgehead atoms. The van der Waals surface area contributed by atoms with Crippen LogP contribution in [0.4, 0.5) is 5.82 Å². The number of nitrogens with zero attached hydrogens (tertiary/aromatic N) is 3. The van der Waals surface area contributed by atoms with Gasteiger partial charge >= 0.3 is 0 Å². The average Bonchev–Trinajstić information content (AvgIpc) is 3.41. The number of aromatic nitrogens is 4. The summed E-state index contributed by atoms with van der Waals surface area (Å²) in [6, 6.07) is 11.6. The van der Waals surface area contributed by atoms with Crippen molar-refractivity contribution in [1.82, 2.24) is 20.0 Å². The van der Waals surface area contributed by atoms with Crippen molar-refractivity contribution in [2.75, 3.05) is 26.1 Å². The lowest BCUT2D eigenvalue weighted by molar-refractivity contribution is 0.376. The van der Waals surface area contributed by atoms with Crippen molar-refractivity contribution < 1.29 is 14.2 Å². The average molecular weight is 411 g/mol. The van der Waals surface area contributed by atoms with Crippen LogP contribution in [-0.2, 0) is 6.54 Å². The van der Waals surface area contributed by atoms with Crippen LogP contribution in [-0.4, -0.2) is 41.3 Å². The number of fused-ring (bicyclic) bond motifs is 1. The number of H-pyrrole nitrogens is 1. The van der Waals surface area contributed by atoms with Crippen LogP contribution in [0.5, 0.6) is 17.2 Å². The van der Waals surface area contributed by atoms with Crippen molar-refractivity contribution >= 4 is 28.7 Å². The molecule has 2 heterocycles. The number of aromatic amines is 1. The fourth-order valence-electron chi connectivity index (χ4n) is 3.10. The number of nitrogens with one attached hydrogen (secondary N) is 2. The molecule has 0 fully saturated rings. The van der Waals surface area contributed by atoms with Crippen LogP contribution < -0.4 is 18.9 Å². The van der Waals surface area contributed by atoms with E-state index in [0.717, 1.165) is 38.6 Å². The molecule has 150 valence electrons. The number of methoxy groups -OCH3 is 3. The van der Waals surface area contributed by atoms with E-state index in [9.17, 15) is 0 Å². The number of benzene rings is 2. The number of ether oxygens (including phenoxy) is 3. The van der Waals surface area contributed by atoms with Crippen molar-refractivity contribution in [2.24, 2.45) is 0 Å². The molecule has 9 heteroatoms. The molecular formula is C20H21N5O3S. The van der Waals surface area contributed by atoms with Gasteiger partial charge in [0, 0.05) is 12.4 Å². The molecule has 2 aromatic heterocycles. The van der Waals surface area contributed by atoms with Gasteiger partial charge in [-0.15, -0.1) is 0 Å². The largest absolute Gasteiger partial charge is 0.496 e. The lowest BCUT2D eigenvalue weighted by atomic mass is 10.1. The van der Waals surface area contributed by atoms with Gasteiger partial charge in [0.25, 0.3) is 0 Å². The van der Waals surface area contributed by atoms with Crippen molar-refractivity contribution in [3.8, 4) is 17.2 Å². The van der Waals surface area contributed by atoms with Crippen LogP contribution in [0, 0.1) is 0 Å². The quantitative estimate of drug-likeness (QED) is 0.425. The highest BCUT2D eigenvalue weighted by Gasteiger charge is 2.16. The van der Waals surface area contributed by atoms with Crippen molar-refractivity contribution in [3.05, 3.63) is 54.4 Å². The Morgan fingerprint density at radius 3 is 2.45 bits per heavy atom. The molecule has 2 aromatic carbocycles. The van der Waals surface area contributed by atoms with Crippen LogP contribution in [0.3, 0.4) is 0 Å². The predicted molar refractivity (Wildman–Crippen MR) is 113 cm³/mol. The van der Waals surface area contributed by atoms with Gasteiger partial charge in [-0.25, -0.2) is 0 Å². The fraction of sp³-hybridized carbons (Fsp3) is 0.200. The maximum Gasteiger partial charge on any atom is 0.169 e. The van der Waals surface area contributed by atoms with E-state index in [2.05, 4.69) is 20.0 Å². The Kier molecular flexibility index (Phi) is 5.48. The molecular weight excluding hydrogens is 390 g/mol. The summed E-state index contributed by atoms with van der Waals surface area (Å²) in [7, 11) is 4.92. The molecule has 4 rings (SSSR count). The first-order chi connectivity index (χ1) is 14.2. The zero-order chi connectivity index (χ0) is 20.2. The standard InChI is InChI=1S/C20H21N5O3S/c1-26-15-6-4-7-16(27-2)19(15)29-24-20-18-14(22-23-20)10-13(11-17(18)28-3)12-25-9-5-8-21-25/h4-11H,12H2,1-3H3,(H2,22,23,24). The minimum absolute atomic E-state index is 0.647. The second-order valence-electron chi connectivity index (χ2n) is 6.19. The Morgan fingerprint density at radius 1 is 1.03 bits per heavy atom. The van der Waals surface area contributed by atoms with E-state index in [-0.39, 0.29) is 0 Å². The highest BCUT2D eigenvalue weighted by molar-refractivity contribution is 8.00. The molecule has 29 heavy (non-hydrogen) atoms. The van der Waals surface area contributed by atoms with E-state index in [4.69, 9.17) is 14.2 Å². The second-order valence-corrected chi connectivity index (χ2v) is 7.01. The number of hydrogen-bond donors (Lipinski definition) is 2. The molecule has 0 radical (unpaired) electrons. The molecule has 0 aliphatic heterocycles. The molecule has 0 atom stereocenters. The van der Waals surface area contributed by atoms with Crippen molar-refractivity contribution in [2.45, 2.75) is 11.4 Å². The number of anilines is 1. The van der Waals surface area contributed by atoms with Gasteiger partial charge < -0.3 is 18.9 Å². The Balaban J connectivity index is 1.64. The van der Waals surface area contributed by atoms with Crippen LogP contribution >= 0.6 is 11.9 Å². The predicted octanol–water partition coefficient (Wildman–Crippen LogP) is 3.95. The maximum absolute atomic E-state index is 5.64. The first kappa shape index (κ1) is 19.0. The first-order valence-electron chi connectivity index (χ1n) is 8.89. The Morgan fingerprint density at radius 2 is 1.79 bits per heavy atom. The Bertz CT molecular complexity index is 1090. The SMILES string of the molecule is COc1cccc(OC)c1SNc1n[nH]c2cc(Cn3cccn3)cc(OC)c12. The lowest BCUT2D eigenvalue weighted by Crippen LogP contribution is -2.00. The third-order valence-electron chi connectivity index (χ3n) is 4.44. The third kappa shape index (κ3) is 3.81. The van der Waals surface area contributed by atoms with Gasteiger partial charge in [-0.2, -0.15) is 10.2 Å². The summed E-state index contributed by atoms with van der Waals surface area (Å²) in [6.07, 6.45) is 3.69. The normalized spacial score (nSPS) is 10.9. The van der Waals surface area contributed by atoms with Gasteiger partial charge in [-0.3, -0.25) is 9.78 Å². The van der Waals surface area contributed by atoms with Crippen molar-refractivity contribution in [1.29, 1.82) is 0 Å². The van der Waals surface area contributed by atoms with Gasteiger partial charge in [0.1, 0.15) is 22.1 Å². The molecule has 0 unspecified atom stereocenters. The van der Waals surface area contributed by atoms with E-state index in [1.54, 1.807) is 27.5 Å². The van der Waals surface area contributed by atoms with E-state index >= 15 is 0 Å². The Hall–Kier alpha value is -3.33. The molecule has 8 nitrogen and oxygen atoms in total. The number of hydrogen-bond acceptors (Lipinski definition) is 7. The van der Waals surface area contributed by atoms with Gasteiger partial charge in [-0.05, 0) is 47.8 Å².